The molecule has 5 heterocycles. The lowest BCUT2D eigenvalue weighted by molar-refractivity contribution is -0.179. The molecule has 14 heteroatoms. The van der Waals surface area contributed by atoms with Crippen molar-refractivity contribution in [2.45, 2.75) is 49.2 Å². The Labute approximate surface area is 398 Å². The van der Waals surface area contributed by atoms with E-state index in [0.29, 0.717) is 52.6 Å². The van der Waals surface area contributed by atoms with E-state index < -0.39 is 47.4 Å². The van der Waals surface area contributed by atoms with Crippen molar-refractivity contribution < 1.29 is 38.4 Å². The zero-order valence-electron chi connectivity index (χ0n) is 37.9. The summed E-state index contributed by atoms with van der Waals surface area (Å²) in [6, 6.07) is 41.0. The molecule has 4 aliphatic heterocycles. The summed E-state index contributed by atoms with van der Waals surface area (Å²) in [5.74, 6) is 5.52. The van der Waals surface area contributed by atoms with Crippen LogP contribution < -0.4 is 19.5 Å². The SMILES string of the molecule is COc1cc2c(cc1OC)CN(C(=O)[C@H]1[C@@H]3C(=O)O[C@@H](c4ccccc4)[C@@H](c4ccccc4)N3[C@@H](c3ccc(OCCO)cc3)[C@]13C(=O)Nc1ccc(C#CCn4nnc5ccccc54)cc13)CC2. The van der Waals surface area contributed by atoms with Crippen LogP contribution in [0, 0.1) is 17.8 Å². The second-order valence-electron chi connectivity index (χ2n) is 17.6. The number of ether oxygens (including phenoxy) is 4. The van der Waals surface area contributed by atoms with Crippen LogP contribution in [0.4, 0.5) is 5.69 Å². The molecule has 2 saturated heterocycles. The molecule has 0 bridgehead atoms. The smallest absolute Gasteiger partial charge is 0.324 e. The lowest BCUT2D eigenvalue weighted by Gasteiger charge is -2.46. The first-order chi connectivity index (χ1) is 33.8. The number of morpholine rings is 1. The van der Waals surface area contributed by atoms with Gasteiger partial charge in [0.15, 0.2) is 11.5 Å². The zero-order valence-corrected chi connectivity index (χ0v) is 37.9. The van der Waals surface area contributed by atoms with Gasteiger partial charge in [0.25, 0.3) is 0 Å². The quantitative estimate of drug-likeness (QED) is 0.111. The fourth-order valence-corrected chi connectivity index (χ4v) is 11.1. The first-order valence-electron chi connectivity index (χ1n) is 23.0. The van der Waals surface area contributed by atoms with Gasteiger partial charge in [-0.05, 0) is 94.4 Å². The summed E-state index contributed by atoms with van der Waals surface area (Å²) in [7, 11) is 3.17. The molecule has 14 nitrogen and oxygen atoms in total. The van der Waals surface area contributed by atoms with Gasteiger partial charge in [-0.15, -0.1) is 5.10 Å². The van der Waals surface area contributed by atoms with Gasteiger partial charge >= 0.3 is 5.97 Å². The average Bonchev–Trinajstić information content (AvgIpc) is 4.05. The summed E-state index contributed by atoms with van der Waals surface area (Å²) >= 11 is 0. The summed E-state index contributed by atoms with van der Waals surface area (Å²) in [4.78, 5) is 51.3. The third kappa shape index (κ3) is 7.33. The lowest BCUT2D eigenvalue weighted by atomic mass is 9.65. The number of nitrogens with zero attached hydrogens (tertiary/aromatic N) is 5. The molecule has 0 radical (unpaired) electrons. The highest BCUT2D eigenvalue weighted by Crippen LogP contribution is 2.65. The maximum Gasteiger partial charge on any atom is 0.324 e. The molecular formula is C55H48N6O8. The van der Waals surface area contributed by atoms with Crippen LogP contribution in [0.25, 0.3) is 11.0 Å². The molecule has 2 fully saturated rings. The number of anilines is 1. The van der Waals surface area contributed by atoms with E-state index in [1.807, 2.05) is 127 Å². The summed E-state index contributed by atoms with van der Waals surface area (Å²) in [6.45, 7) is 0.692. The largest absolute Gasteiger partial charge is 0.493 e. The highest BCUT2D eigenvalue weighted by molar-refractivity contribution is 6.12. The number of para-hydroxylation sites is 1. The zero-order chi connectivity index (χ0) is 47.2. The van der Waals surface area contributed by atoms with Crippen molar-refractivity contribution in [3.8, 4) is 29.1 Å². The number of amides is 2. The minimum Gasteiger partial charge on any atom is -0.493 e. The Hall–Kier alpha value is -7.99. The number of nitrogens with one attached hydrogen (secondary N) is 1. The first-order valence-corrected chi connectivity index (χ1v) is 23.0. The topological polar surface area (TPSA) is 158 Å². The number of carbonyl (C=O) groups is 3. The van der Waals surface area contributed by atoms with Crippen LogP contribution >= 0.6 is 0 Å². The Morgan fingerprint density at radius 3 is 2.28 bits per heavy atom. The van der Waals surface area contributed by atoms with Crippen LogP contribution in [0.15, 0.2) is 140 Å². The Morgan fingerprint density at radius 2 is 1.54 bits per heavy atom. The molecule has 7 aromatic rings. The van der Waals surface area contributed by atoms with Gasteiger partial charge in [0.1, 0.15) is 42.0 Å². The number of methoxy groups -OCH3 is 2. The number of cyclic esters (lactones) is 1. The second-order valence-corrected chi connectivity index (χ2v) is 17.6. The van der Waals surface area contributed by atoms with Gasteiger partial charge in [0, 0.05) is 24.3 Å². The second kappa shape index (κ2) is 17.9. The van der Waals surface area contributed by atoms with Crippen molar-refractivity contribution >= 4 is 34.5 Å². The van der Waals surface area contributed by atoms with Crippen molar-refractivity contribution in [1.82, 2.24) is 24.8 Å². The monoisotopic (exact) mass is 920 g/mol. The van der Waals surface area contributed by atoms with E-state index in [9.17, 15) is 5.11 Å². The van der Waals surface area contributed by atoms with Crippen LogP contribution in [-0.2, 0) is 44.0 Å². The number of aliphatic hydroxyl groups excluding tert-OH is 1. The number of hydrogen-bond donors (Lipinski definition) is 2. The van der Waals surface area contributed by atoms with Crippen molar-refractivity contribution in [3.63, 3.8) is 0 Å². The van der Waals surface area contributed by atoms with E-state index >= 15 is 14.4 Å². The standard InChI is InChI=1S/C55H48N6O8/c1-66-45-31-38-25-27-59(33-39(38)32-46(45)67-2)52(63)47-49-53(64)69-50(36-15-7-4-8-16-36)48(35-13-5-3-6-14-35)61(49)51(37-20-22-40(23-21-37)68-29-28-62)55(47)41-30-34(19-24-42(41)56-54(55)65)12-11-26-60-44-18-10-9-17-43(44)57-58-60/h3-10,13-24,30-32,47-51,62H,25-29,33H2,1-2H3,(H,56,65)/t47-,48-,49-,50+,51+,55-/m1/s1. The van der Waals surface area contributed by atoms with Crippen LogP contribution in [0.2, 0.25) is 0 Å². The molecule has 6 aromatic carbocycles. The number of esters is 1. The molecule has 0 saturated carbocycles. The van der Waals surface area contributed by atoms with E-state index in [-0.39, 0.29) is 32.2 Å². The van der Waals surface area contributed by atoms with Gasteiger partial charge in [-0.25, -0.2) is 4.68 Å². The summed E-state index contributed by atoms with van der Waals surface area (Å²) in [6.07, 6.45) is -0.318. The van der Waals surface area contributed by atoms with Gasteiger partial charge < -0.3 is 34.3 Å². The molecule has 11 rings (SSSR count). The number of carbonyl (C=O) groups excluding carboxylic acids is 3. The third-order valence-electron chi connectivity index (χ3n) is 14.0. The third-order valence-corrected chi connectivity index (χ3v) is 14.0. The molecule has 1 aromatic heterocycles. The van der Waals surface area contributed by atoms with Crippen LogP contribution in [0.5, 0.6) is 17.2 Å². The minimum atomic E-state index is -1.72. The molecule has 2 N–H and O–H groups in total. The normalized spacial score (nSPS) is 22.5. The van der Waals surface area contributed by atoms with Crippen molar-refractivity contribution in [2.24, 2.45) is 5.92 Å². The predicted octanol–water partition coefficient (Wildman–Crippen LogP) is 6.73. The van der Waals surface area contributed by atoms with Crippen molar-refractivity contribution in [3.05, 3.63) is 178 Å². The summed E-state index contributed by atoms with van der Waals surface area (Å²) in [5.41, 5.74) is 5.71. The fraction of sp³-hybridized carbons (Fsp3) is 0.255. The number of rotatable bonds is 10. The van der Waals surface area contributed by atoms with E-state index in [4.69, 9.17) is 18.9 Å². The minimum absolute atomic E-state index is 0.0858. The number of fused-ring (bicyclic) bond motifs is 5. The van der Waals surface area contributed by atoms with Crippen LogP contribution in [0.3, 0.4) is 0 Å². The van der Waals surface area contributed by atoms with Gasteiger partial charge in [0.2, 0.25) is 11.8 Å². The highest BCUT2D eigenvalue weighted by atomic mass is 16.6. The van der Waals surface area contributed by atoms with Gasteiger partial charge in [0.05, 0.1) is 44.3 Å². The average molecular weight is 921 g/mol. The number of benzene rings is 6. The van der Waals surface area contributed by atoms with Crippen LogP contribution in [-0.4, -0.2) is 87.7 Å². The predicted molar refractivity (Wildman–Crippen MR) is 255 cm³/mol. The summed E-state index contributed by atoms with van der Waals surface area (Å²) in [5, 5.41) is 21.4. The molecule has 0 unspecified atom stereocenters. The van der Waals surface area contributed by atoms with E-state index in [2.05, 4.69) is 32.4 Å². The molecule has 0 aliphatic carbocycles. The molecule has 2 amide bonds. The molecule has 1 spiro atoms. The van der Waals surface area contributed by atoms with E-state index in [1.54, 1.807) is 35.9 Å². The summed E-state index contributed by atoms with van der Waals surface area (Å²) < 4.78 is 25.6. The number of aromatic nitrogens is 3. The Balaban J connectivity index is 1.12. The number of hydrogen-bond acceptors (Lipinski definition) is 11. The Bertz CT molecular complexity index is 3170. The molecule has 6 atom stereocenters. The van der Waals surface area contributed by atoms with Gasteiger partial charge in [-0.3, -0.25) is 19.3 Å². The van der Waals surface area contributed by atoms with Crippen LogP contribution in [0.1, 0.15) is 57.1 Å². The Morgan fingerprint density at radius 1 is 0.826 bits per heavy atom. The van der Waals surface area contributed by atoms with Crippen molar-refractivity contribution in [2.75, 3.05) is 39.3 Å². The maximum atomic E-state index is 16.2. The lowest BCUT2D eigenvalue weighted by Crippen LogP contribution is -2.56. The fourth-order valence-electron chi connectivity index (χ4n) is 11.1. The van der Waals surface area contributed by atoms with Gasteiger partial charge in [-0.1, -0.05) is 102 Å². The molecule has 4 aliphatic rings. The Kier molecular flexibility index (Phi) is 11.3. The molecule has 69 heavy (non-hydrogen) atoms. The first kappa shape index (κ1) is 43.6. The molecule has 346 valence electrons. The van der Waals surface area contributed by atoms with Gasteiger partial charge in [-0.2, -0.15) is 0 Å². The van der Waals surface area contributed by atoms with E-state index in [0.717, 1.165) is 33.3 Å². The number of aliphatic hydroxyl groups is 1. The maximum absolute atomic E-state index is 16.2. The highest BCUT2D eigenvalue weighted by Gasteiger charge is 2.74. The van der Waals surface area contributed by atoms with E-state index in [1.165, 1.54) is 0 Å². The molecular weight excluding hydrogens is 873 g/mol. The van der Waals surface area contributed by atoms with Crippen molar-refractivity contribution in [1.29, 1.82) is 0 Å².